The Labute approximate surface area is 110 Å². The molecule has 0 unspecified atom stereocenters. The normalized spacial score (nSPS) is 10.3. The quantitative estimate of drug-likeness (QED) is 0.916. The van der Waals surface area contributed by atoms with Gasteiger partial charge in [-0.3, -0.25) is 0 Å². The van der Waals surface area contributed by atoms with E-state index in [0.29, 0.717) is 6.54 Å². The molecule has 1 rings (SSSR count). The Morgan fingerprint density at radius 3 is 2.67 bits per heavy atom. The summed E-state index contributed by atoms with van der Waals surface area (Å²) in [6.45, 7) is 5.74. The summed E-state index contributed by atoms with van der Waals surface area (Å²) in [5.41, 5.74) is 0. The topological polar surface area (TPSA) is 47.6 Å². The van der Waals surface area contributed by atoms with Crippen molar-refractivity contribution in [2.24, 2.45) is 0 Å². The van der Waals surface area contributed by atoms with E-state index >= 15 is 0 Å². The molecule has 1 aromatic carbocycles. The van der Waals surface area contributed by atoms with Gasteiger partial charge in [-0.15, -0.1) is 0 Å². The van der Waals surface area contributed by atoms with E-state index in [1.165, 1.54) is 6.07 Å². The largest absolute Gasteiger partial charge is 0.489 e. The summed E-state index contributed by atoms with van der Waals surface area (Å²) in [4.78, 5) is 11.2. The first-order chi connectivity index (χ1) is 8.43. The molecule has 18 heavy (non-hydrogen) atoms. The van der Waals surface area contributed by atoms with E-state index in [-0.39, 0.29) is 22.6 Å². The van der Waals surface area contributed by atoms with Gasteiger partial charge in [-0.05, 0) is 20.8 Å². The van der Waals surface area contributed by atoms with E-state index < -0.39 is 11.9 Å². The minimum Gasteiger partial charge on any atom is -0.489 e. The minimum absolute atomic E-state index is 0.120. The number of ether oxygens (including phenoxy) is 2. The molecular formula is C12H15ClFNO3. The van der Waals surface area contributed by atoms with Gasteiger partial charge in [0.25, 0.3) is 0 Å². The predicted octanol–water partition coefficient (Wildman–Crippen LogP) is 3.37. The number of halogens is 2. The molecule has 0 heterocycles. The number of hydrogen-bond donors (Lipinski definition) is 1. The molecule has 0 atom stereocenters. The third-order valence-electron chi connectivity index (χ3n) is 1.87. The molecular weight excluding hydrogens is 261 g/mol. The zero-order valence-electron chi connectivity index (χ0n) is 10.4. The number of hydrogen-bond acceptors (Lipinski definition) is 3. The second-order valence-electron chi connectivity index (χ2n) is 3.80. The van der Waals surface area contributed by atoms with Crippen molar-refractivity contribution in [3.05, 3.63) is 23.0 Å². The Morgan fingerprint density at radius 1 is 1.44 bits per heavy atom. The lowest BCUT2D eigenvalue weighted by molar-refractivity contribution is 0.198. The summed E-state index contributed by atoms with van der Waals surface area (Å²) in [7, 11) is 0. The highest BCUT2D eigenvalue weighted by Crippen LogP contribution is 2.32. The first-order valence-electron chi connectivity index (χ1n) is 5.55. The summed E-state index contributed by atoms with van der Waals surface area (Å²) in [5.74, 6) is -0.671. The van der Waals surface area contributed by atoms with Crippen molar-refractivity contribution >= 4 is 17.7 Å². The molecule has 0 aliphatic rings. The Bertz CT molecular complexity index is 438. The van der Waals surface area contributed by atoms with Gasteiger partial charge in [0, 0.05) is 18.7 Å². The molecule has 0 aliphatic heterocycles. The van der Waals surface area contributed by atoms with E-state index in [4.69, 9.17) is 21.1 Å². The van der Waals surface area contributed by atoms with Gasteiger partial charge in [0.2, 0.25) is 0 Å². The van der Waals surface area contributed by atoms with Crippen LogP contribution >= 0.6 is 11.6 Å². The molecule has 1 aromatic rings. The second kappa shape index (κ2) is 6.44. The van der Waals surface area contributed by atoms with Gasteiger partial charge >= 0.3 is 6.09 Å². The first-order valence-corrected chi connectivity index (χ1v) is 5.93. The van der Waals surface area contributed by atoms with Crippen LogP contribution in [0.5, 0.6) is 11.5 Å². The van der Waals surface area contributed by atoms with Crippen molar-refractivity contribution in [1.29, 1.82) is 0 Å². The van der Waals surface area contributed by atoms with Crippen LogP contribution in [-0.2, 0) is 0 Å². The zero-order valence-corrected chi connectivity index (χ0v) is 11.2. The summed E-state index contributed by atoms with van der Waals surface area (Å²) in [5, 5.41) is 2.52. The fourth-order valence-corrected chi connectivity index (χ4v) is 1.41. The highest BCUT2D eigenvalue weighted by Gasteiger charge is 2.14. The summed E-state index contributed by atoms with van der Waals surface area (Å²) in [6.07, 6.45) is -0.848. The van der Waals surface area contributed by atoms with Crippen LogP contribution in [0.25, 0.3) is 0 Å². The lowest BCUT2D eigenvalue weighted by Crippen LogP contribution is -2.26. The van der Waals surface area contributed by atoms with Gasteiger partial charge in [0.15, 0.2) is 11.6 Å². The van der Waals surface area contributed by atoms with Gasteiger partial charge in [-0.1, -0.05) is 11.6 Å². The van der Waals surface area contributed by atoms with Gasteiger partial charge < -0.3 is 14.8 Å². The number of rotatable bonds is 4. The molecule has 1 amide bonds. The van der Waals surface area contributed by atoms with Crippen LogP contribution in [0, 0.1) is 5.82 Å². The van der Waals surface area contributed by atoms with Crippen LogP contribution in [0.3, 0.4) is 0 Å². The molecule has 0 radical (unpaired) electrons. The summed E-state index contributed by atoms with van der Waals surface area (Å²) < 4.78 is 23.7. The van der Waals surface area contributed by atoms with Crippen LogP contribution in [0.2, 0.25) is 5.02 Å². The van der Waals surface area contributed by atoms with Crippen molar-refractivity contribution in [3.63, 3.8) is 0 Å². The minimum atomic E-state index is -0.728. The lowest BCUT2D eigenvalue weighted by atomic mass is 10.3. The fraction of sp³-hybridized carbons (Fsp3) is 0.417. The maximum atomic E-state index is 13.5. The van der Waals surface area contributed by atoms with Gasteiger partial charge in [0.1, 0.15) is 5.75 Å². The van der Waals surface area contributed by atoms with Crippen LogP contribution in [-0.4, -0.2) is 18.7 Å². The average molecular weight is 276 g/mol. The number of carbonyl (C=O) groups is 1. The van der Waals surface area contributed by atoms with Gasteiger partial charge in [-0.2, -0.15) is 0 Å². The van der Waals surface area contributed by atoms with Gasteiger partial charge in [-0.25, -0.2) is 9.18 Å². The van der Waals surface area contributed by atoms with Crippen LogP contribution in [0.1, 0.15) is 20.8 Å². The van der Waals surface area contributed by atoms with Crippen molar-refractivity contribution < 1.29 is 18.7 Å². The molecule has 0 aromatic heterocycles. The summed E-state index contributed by atoms with van der Waals surface area (Å²) >= 11 is 5.82. The number of amides is 1. The molecule has 0 bridgehead atoms. The number of benzene rings is 1. The molecule has 0 saturated heterocycles. The zero-order chi connectivity index (χ0) is 13.7. The SMILES string of the molecule is CCNC(=O)Oc1cc(OC(C)C)c(Cl)cc1F. The van der Waals surface area contributed by atoms with E-state index in [2.05, 4.69) is 5.32 Å². The third kappa shape index (κ3) is 4.07. The average Bonchev–Trinajstić information content (AvgIpc) is 2.24. The highest BCUT2D eigenvalue weighted by molar-refractivity contribution is 6.32. The molecule has 0 spiro atoms. The molecule has 100 valence electrons. The van der Waals surface area contributed by atoms with Crippen molar-refractivity contribution in [3.8, 4) is 11.5 Å². The van der Waals surface area contributed by atoms with E-state index in [0.717, 1.165) is 6.07 Å². The number of nitrogens with one attached hydrogen (secondary N) is 1. The Hall–Kier alpha value is -1.49. The van der Waals surface area contributed by atoms with Crippen molar-refractivity contribution in [1.82, 2.24) is 5.32 Å². The molecule has 0 aliphatic carbocycles. The predicted molar refractivity (Wildman–Crippen MR) is 66.9 cm³/mol. The van der Waals surface area contributed by atoms with E-state index in [1.54, 1.807) is 6.92 Å². The molecule has 4 nitrogen and oxygen atoms in total. The van der Waals surface area contributed by atoms with Gasteiger partial charge in [0.05, 0.1) is 11.1 Å². The van der Waals surface area contributed by atoms with E-state index in [1.807, 2.05) is 13.8 Å². The maximum absolute atomic E-state index is 13.5. The fourth-order valence-electron chi connectivity index (χ4n) is 1.21. The molecule has 6 heteroatoms. The standard InChI is InChI=1S/C12H15ClFNO3/c1-4-15-12(16)18-11-6-10(17-7(2)3)8(13)5-9(11)14/h5-7H,4H2,1-3H3,(H,15,16). The Balaban J connectivity index is 2.94. The van der Waals surface area contributed by atoms with Crippen molar-refractivity contribution in [2.45, 2.75) is 26.9 Å². The molecule has 0 fully saturated rings. The summed E-state index contributed by atoms with van der Waals surface area (Å²) in [6, 6.07) is 2.31. The molecule has 1 N–H and O–H groups in total. The third-order valence-corrected chi connectivity index (χ3v) is 2.17. The molecule has 0 saturated carbocycles. The Morgan fingerprint density at radius 2 is 2.11 bits per heavy atom. The van der Waals surface area contributed by atoms with Crippen LogP contribution < -0.4 is 14.8 Å². The maximum Gasteiger partial charge on any atom is 0.412 e. The second-order valence-corrected chi connectivity index (χ2v) is 4.21. The number of carbonyl (C=O) groups excluding carboxylic acids is 1. The lowest BCUT2D eigenvalue weighted by Gasteiger charge is -2.13. The van der Waals surface area contributed by atoms with Crippen LogP contribution in [0.4, 0.5) is 9.18 Å². The van der Waals surface area contributed by atoms with E-state index in [9.17, 15) is 9.18 Å². The smallest absolute Gasteiger partial charge is 0.412 e. The highest BCUT2D eigenvalue weighted by atomic mass is 35.5. The monoisotopic (exact) mass is 275 g/mol. The first kappa shape index (κ1) is 14.6. The van der Waals surface area contributed by atoms with Crippen molar-refractivity contribution in [2.75, 3.05) is 6.54 Å². The van der Waals surface area contributed by atoms with Crippen LogP contribution in [0.15, 0.2) is 12.1 Å². The Kier molecular flexibility index (Phi) is 5.22.